The van der Waals surface area contributed by atoms with Gasteiger partial charge in [-0.05, 0) is 98.4 Å². The first-order valence-electron chi connectivity index (χ1n) is 12.1. The molecule has 0 aromatic heterocycles. The molecule has 0 bridgehead atoms. The monoisotopic (exact) mass is 428 g/mol. The molecule has 1 aliphatic carbocycles. The number of benzene rings is 2. The van der Waals surface area contributed by atoms with E-state index >= 15 is 0 Å². The topological polar surface area (TPSA) is 40.6 Å². The summed E-state index contributed by atoms with van der Waals surface area (Å²) in [5.74, 6) is -0.284. The van der Waals surface area contributed by atoms with E-state index in [1.807, 2.05) is 12.1 Å². The summed E-state index contributed by atoms with van der Waals surface area (Å²) < 4.78 is 0. The second-order valence-corrected chi connectivity index (χ2v) is 9.38. The summed E-state index contributed by atoms with van der Waals surface area (Å²) in [6, 6.07) is 11.8. The first kappa shape index (κ1) is 21.1. The number of carbonyl (C=O) groups is 2. The predicted molar refractivity (Wildman–Crippen MR) is 128 cm³/mol. The molecule has 2 aromatic carbocycles. The third kappa shape index (κ3) is 3.93. The van der Waals surface area contributed by atoms with Crippen LogP contribution in [0.15, 0.2) is 42.5 Å². The van der Waals surface area contributed by atoms with E-state index in [2.05, 4.69) is 30.0 Å². The van der Waals surface area contributed by atoms with Crippen LogP contribution in [0.1, 0.15) is 75.1 Å². The molecule has 0 unspecified atom stereocenters. The number of imide groups is 1. The van der Waals surface area contributed by atoms with E-state index in [4.69, 9.17) is 0 Å². The number of amides is 2. The van der Waals surface area contributed by atoms with Crippen LogP contribution in [0.25, 0.3) is 5.57 Å². The van der Waals surface area contributed by atoms with Crippen LogP contribution >= 0.6 is 0 Å². The predicted octanol–water partition coefficient (Wildman–Crippen LogP) is 5.04. The highest BCUT2D eigenvalue weighted by atomic mass is 16.2. The molecule has 0 radical (unpaired) electrons. The van der Waals surface area contributed by atoms with Gasteiger partial charge in [0.15, 0.2) is 0 Å². The van der Waals surface area contributed by atoms with Gasteiger partial charge in [-0.2, -0.15) is 0 Å². The van der Waals surface area contributed by atoms with E-state index < -0.39 is 0 Å². The van der Waals surface area contributed by atoms with Crippen molar-refractivity contribution in [2.24, 2.45) is 0 Å². The molecule has 0 saturated heterocycles. The Labute approximate surface area is 190 Å². The summed E-state index contributed by atoms with van der Waals surface area (Å²) in [4.78, 5) is 28.9. The van der Waals surface area contributed by atoms with Crippen molar-refractivity contribution in [1.29, 1.82) is 0 Å². The summed E-state index contributed by atoms with van der Waals surface area (Å²) in [6.07, 6.45) is 10.5. The van der Waals surface area contributed by atoms with E-state index in [0.29, 0.717) is 17.7 Å². The molecule has 0 saturated carbocycles. The van der Waals surface area contributed by atoms with Gasteiger partial charge in [-0.15, -0.1) is 0 Å². The lowest BCUT2D eigenvalue weighted by atomic mass is 9.84. The average molecular weight is 429 g/mol. The number of hydrogen-bond donors (Lipinski definition) is 0. The first-order chi connectivity index (χ1) is 15.6. The Balaban J connectivity index is 1.12. The SMILES string of the molecule is Cc1c(C2=CCN(CCCCN3C(=O)c4ccccc4C3=O)CC2)ccc2c1CCCC2. The maximum Gasteiger partial charge on any atom is 0.261 e. The number of rotatable bonds is 6. The second kappa shape index (κ2) is 9.03. The van der Waals surface area contributed by atoms with Gasteiger partial charge in [-0.1, -0.05) is 30.3 Å². The maximum atomic E-state index is 12.5. The zero-order valence-electron chi connectivity index (χ0n) is 19.0. The lowest BCUT2D eigenvalue weighted by Gasteiger charge is -2.28. The van der Waals surface area contributed by atoms with Gasteiger partial charge in [0.1, 0.15) is 0 Å². The molecular weight excluding hydrogens is 396 g/mol. The van der Waals surface area contributed by atoms with Gasteiger partial charge >= 0.3 is 0 Å². The van der Waals surface area contributed by atoms with Crippen molar-refractivity contribution in [2.45, 2.75) is 51.9 Å². The maximum absolute atomic E-state index is 12.5. The largest absolute Gasteiger partial charge is 0.299 e. The molecule has 0 fully saturated rings. The standard InChI is InChI=1S/C28H32N2O2/c1-20-23-9-3-2-8-21(23)12-13-24(20)22-14-18-29(19-15-22)16-6-7-17-30-27(31)25-10-4-5-11-26(25)28(30)32/h4-5,10-14H,2-3,6-9,15-19H2,1H3. The third-order valence-corrected chi connectivity index (χ3v) is 7.44. The number of carbonyl (C=O) groups excluding carboxylic acids is 2. The van der Waals surface area contributed by atoms with Crippen LogP contribution in [0, 0.1) is 6.92 Å². The Bertz CT molecular complexity index is 1050. The minimum absolute atomic E-state index is 0.142. The van der Waals surface area contributed by atoms with Crippen LogP contribution in [0.2, 0.25) is 0 Å². The Morgan fingerprint density at radius 2 is 1.53 bits per heavy atom. The highest BCUT2D eigenvalue weighted by Gasteiger charge is 2.34. The van der Waals surface area contributed by atoms with Crippen LogP contribution in [0.5, 0.6) is 0 Å². The highest BCUT2D eigenvalue weighted by Crippen LogP contribution is 2.32. The van der Waals surface area contributed by atoms with Gasteiger partial charge < -0.3 is 0 Å². The molecule has 4 heteroatoms. The Kier molecular flexibility index (Phi) is 5.97. The molecular formula is C28H32N2O2. The minimum Gasteiger partial charge on any atom is -0.299 e. The van der Waals surface area contributed by atoms with Gasteiger partial charge in [0.05, 0.1) is 11.1 Å². The summed E-state index contributed by atoms with van der Waals surface area (Å²) in [5.41, 5.74) is 8.71. The molecule has 2 amide bonds. The molecule has 0 atom stereocenters. The molecule has 166 valence electrons. The van der Waals surface area contributed by atoms with Crippen molar-refractivity contribution in [3.8, 4) is 0 Å². The molecule has 5 rings (SSSR count). The van der Waals surface area contributed by atoms with Gasteiger partial charge in [0.2, 0.25) is 0 Å². The summed E-state index contributed by atoms with van der Waals surface area (Å²) in [5, 5.41) is 0. The van der Waals surface area contributed by atoms with E-state index in [0.717, 1.165) is 38.9 Å². The highest BCUT2D eigenvalue weighted by molar-refractivity contribution is 6.21. The molecule has 0 N–H and O–H groups in total. The summed E-state index contributed by atoms with van der Waals surface area (Å²) in [7, 11) is 0. The fourth-order valence-corrected chi connectivity index (χ4v) is 5.57. The zero-order valence-corrected chi connectivity index (χ0v) is 19.0. The van der Waals surface area contributed by atoms with Crippen molar-refractivity contribution < 1.29 is 9.59 Å². The molecule has 3 aliphatic rings. The van der Waals surface area contributed by atoms with Gasteiger partial charge in [0, 0.05) is 19.6 Å². The van der Waals surface area contributed by atoms with E-state index in [1.54, 1.807) is 23.3 Å². The molecule has 4 nitrogen and oxygen atoms in total. The van der Waals surface area contributed by atoms with Gasteiger partial charge in [-0.25, -0.2) is 0 Å². The van der Waals surface area contributed by atoms with Crippen LogP contribution in [-0.2, 0) is 12.8 Å². The van der Waals surface area contributed by atoms with Crippen molar-refractivity contribution in [3.63, 3.8) is 0 Å². The lowest BCUT2D eigenvalue weighted by molar-refractivity contribution is 0.0650. The molecule has 0 spiro atoms. The van der Waals surface area contributed by atoms with Crippen LogP contribution in [0.3, 0.4) is 0 Å². The number of unbranched alkanes of at least 4 members (excludes halogenated alkanes) is 1. The van der Waals surface area contributed by atoms with Crippen LogP contribution in [-0.4, -0.2) is 47.8 Å². The normalized spacial score (nSPS) is 18.5. The van der Waals surface area contributed by atoms with Gasteiger partial charge in [0.25, 0.3) is 11.8 Å². The van der Waals surface area contributed by atoms with E-state index in [-0.39, 0.29) is 11.8 Å². The summed E-state index contributed by atoms with van der Waals surface area (Å²) in [6.45, 7) is 5.89. The smallest absolute Gasteiger partial charge is 0.261 e. The molecule has 2 aliphatic heterocycles. The zero-order chi connectivity index (χ0) is 22.1. The third-order valence-electron chi connectivity index (χ3n) is 7.44. The number of fused-ring (bicyclic) bond motifs is 2. The molecule has 2 heterocycles. The van der Waals surface area contributed by atoms with Crippen LogP contribution in [0.4, 0.5) is 0 Å². The van der Waals surface area contributed by atoms with Crippen molar-refractivity contribution in [3.05, 3.63) is 75.9 Å². The summed E-state index contributed by atoms with van der Waals surface area (Å²) >= 11 is 0. The van der Waals surface area contributed by atoms with Crippen molar-refractivity contribution in [2.75, 3.05) is 26.2 Å². The fraction of sp³-hybridized carbons (Fsp3) is 0.429. The molecule has 32 heavy (non-hydrogen) atoms. The average Bonchev–Trinajstić information content (AvgIpc) is 3.08. The number of hydrogen-bond acceptors (Lipinski definition) is 3. The molecule has 2 aromatic rings. The van der Waals surface area contributed by atoms with E-state index in [1.165, 1.54) is 47.3 Å². The van der Waals surface area contributed by atoms with Crippen molar-refractivity contribution >= 4 is 17.4 Å². The Morgan fingerprint density at radius 3 is 2.25 bits per heavy atom. The van der Waals surface area contributed by atoms with Gasteiger partial charge in [-0.3, -0.25) is 19.4 Å². The van der Waals surface area contributed by atoms with Crippen molar-refractivity contribution in [1.82, 2.24) is 9.80 Å². The Morgan fingerprint density at radius 1 is 0.812 bits per heavy atom. The second-order valence-electron chi connectivity index (χ2n) is 9.38. The number of nitrogens with zero attached hydrogens (tertiary/aromatic N) is 2. The fourth-order valence-electron chi connectivity index (χ4n) is 5.57. The van der Waals surface area contributed by atoms with Crippen LogP contribution < -0.4 is 0 Å². The Hall–Kier alpha value is -2.72. The minimum atomic E-state index is -0.142. The van der Waals surface area contributed by atoms with E-state index in [9.17, 15) is 9.59 Å². The number of aryl methyl sites for hydroxylation is 1. The quantitative estimate of drug-likeness (QED) is 0.478. The first-order valence-corrected chi connectivity index (χ1v) is 12.1. The lowest BCUT2D eigenvalue weighted by Crippen LogP contribution is -2.32.